The molecular formula is C22H20BrClN4O3. The minimum absolute atomic E-state index is 0.243. The molecule has 3 aromatic rings. The zero-order chi connectivity index (χ0) is 22.4. The fourth-order valence-electron chi connectivity index (χ4n) is 3.85. The normalized spacial score (nSPS) is 13.1. The summed E-state index contributed by atoms with van der Waals surface area (Å²) in [6.07, 6.45) is 0. The van der Waals surface area contributed by atoms with Crippen LogP contribution in [0, 0.1) is 0 Å². The van der Waals surface area contributed by atoms with Crippen LogP contribution in [0.2, 0.25) is 5.02 Å². The maximum atomic E-state index is 12.9. The van der Waals surface area contributed by atoms with Gasteiger partial charge >= 0.3 is 0 Å². The minimum Gasteiger partial charge on any atom is -0.349 e. The van der Waals surface area contributed by atoms with Crippen molar-refractivity contribution in [2.24, 2.45) is 7.05 Å². The Balaban J connectivity index is 1.96. The highest BCUT2D eigenvalue weighted by molar-refractivity contribution is 9.10. The largest absolute Gasteiger partial charge is 0.349 e. The summed E-state index contributed by atoms with van der Waals surface area (Å²) in [5, 5.41) is 6.26. The number of halogens is 2. The molecule has 1 aromatic heterocycles. The predicted octanol–water partition coefficient (Wildman–Crippen LogP) is 3.44. The van der Waals surface area contributed by atoms with E-state index in [2.05, 4.69) is 26.6 Å². The van der Waals surface area contributed by atoms with Crippen LogP contribution in [0.1, 0.15) is 31.2 Å². The Kier molecular flexibility index (Phi) is 5.63. The summed E-state index contributed by atoms with van der Waals surface area (Å²) in [6, 6.07) is 8.94. The third kappa shape index (κ3) is 3.54. The number of nitrogens with one attached hydrogen (secondary N) is 2. The Labute approximate surface area is 192 Å². The highest BCUT2D eigenvalue weighted by Crippen LogP contribution is 2.42. The zero-order valence-corrected chi connectivity index (χ0v) is 19.5. The van der Waals surface area contributed by atoms with Gasteiger partial charge in [0.15, 0.2) is 0 Å². The van der Waals surface area contributed by atoms with Crippen LogP contribution in [0.5, 0.6) is 0 Å². The minimum atomic E-state index is -0.496. The first-order chi connectivity index (χ1) is 14.7. The maximum absolute atomic E-state index is 12.9. The molecule has 0 unspecified atom stereocenters. The molecule has 0 aliphatic carbocycles. The van der Waals surface area contributed by atoms with Gasteiger partial charge in [0, 0.05) is 36.1 Å². The number of fused-ring (bicyclic) bond motifs is 3. The zero-order valence-electron chi connectivity index (χ0n) is 17.2. The average Bonchev–Trinajstić information content (AvgIpc) is 3.14. The Bertz CT molecular complexity index is 1270. The number of hydrogen-bond donors (Lipinski definition) is 2. The molecule has 0 atom stereocenters. The molecule has 0 saturated carbocycles. The predicted molar refractivity (Wildman–Crippen MR) is 124 cm³/mol. The fourth-order valence-corrected chi connectivity index (χ4v) is 4.94. The molecule has 9 heteroatoms. The quantitative estimate of drug-likeness (QED) is 0.523. The first-order valence-corrected chi connectivity index (χ1v) is 10.8. The number of likely N-dealkylation sites (N-methyl/N-ethyl adjacent to an activating group) is 1. The van der Waals surface area contributed by atoms with Gasteiger partial charge in [-0.1, -0.05) is 29.8 Å². The van der Waals surface area contributed by atoms with Crippen LogP contribution in [0.4, 0.5) is 0 Å². The van der Waals surface area contributed by atoms with Gasteiger partial charge in [-0.15, -0.1) is 0 Å². The molecule has 4 rings (SSSR count). The number of carbonyl (C=O) groups is 3. The van der Waals surface area contributed by atoms with Crippen LogP contribution in [-0.2, 0) is 7.05 Å². The smallest absolute Gasteiger partial charge is 0.269 e. The van der Waals surface area contributed by atoms with Gasteiger partial charge in [0.1, 0.15) is 5.69 Å². The van der Waals surface area contributed by atoms with E-state index in [0.717, 1.165) is 0 Å². The van der Waals surface area contributed by atoms with Crippen LogP contribution < -0.4 is 10.6 Å². The molecule has 0 saturated heterocycles. The van der Waals surface area contributed by atoms with Gasteiger partial charge in [-0.25, -0.2) is 0 Å². The van der Waals surface area contributed by atoms with E-state index >= 15 is 0 Å². The van der Waals surface area contributed by atoms with Crippen molar-refractivity contribution in [2.75, 3.05) is 27.2 Å². The van der Waals surface area contributed by atoms with Crippen molar-refractivity contribution in [2.45, 2.75) is 0 Å². The first-order valence-electron chi connectivity index (χ1n) is 9.60. The summed E-state index contributed by atoms with van der Waals surface area (Å²) in [5.74, 6) is -1.25. The Morgan fingerprint density at radius 1 is 1.16 bits per heavy atom. The summed E-state index contributed by atoms with van der Waals surface area (Å²) in [5.41, 5.74) is 2.71. The van der Waals surface area contributed by atoms with E-state index in [-0.39, 0.29) is 17.0 Å². The van der Waals surface area contributed by atoms with Gasteiger partial charge in [0.05, 0.1) is 21.1 Å². The van der Waals surface area contributed by atoms with Crippen LogP contribution in [-0.4, -0.2) is 54.4 Å². The Morgan fingerprint density at radius 2 is 1.84 bits per heavy atom. The van der Waals surface area contributed by atoms with E-state index in [1.807, 2.05) is 25.1 Å². The molecule has 1 aliphatic rings. The molecular weight excluding hydrogens is 484 g/mol. The summed E-state index contributed by atoms with van der Waals surface area (Å²) in [4.78, 5) is 40.3. The molecule has 1 aliphatic heterocycles. The van der Waals surface area contributed by atoms with Crippen molar-refractivity contribution < 1.29 is 14.4 Å². The molecule has 0 spiro atoms. The standard InChI is InChI=1S/C22H20BrClN4O3/c1-27(2)9-8-25-22(31)19-18(23)16-14(28(19)3)10-12(11-6-4-5-7-13(11)24)15-17(16)21(30)26-20(15)29/h4-7,10H,8-9H2,1-3H3,(H,25,31)(H,26,29,30). The Morgan fingerprint density at radius 3 is 2.52 bits per heavy atom. The lowest BCUT2D eigenvalue weighted by Crippen LogP contribution is -2.32. The van der Waals surface area contributed by atoms with E-state index in [4.69, 9.17) is 11.6 Å². The summed E-state index contributed by atoms with van der Waals surface area (Å²) >= 11 is 9.92. The third-order valence-electron chi connectivity index (χ3n) is 5.34. The SMILES string of the molecule is CN(C)CCNC(=O)c1c(Br)c2c3c(c(-c4ccccc4Cl)cc2n1C)C(=O)NC3=O. The number of rotatable bonds is 5. The number of aromatic nitrogens is 1. The second-order valence-electron chi connectivity index (χ2n) is 7.61. The molecule has 2 N–H and O–H groups in total. The lowest BCUT2D eigenvalue weighted by atomic mass is 9.94. The number of aryl methyl sites for hydroxylation is 1. The topological polar surface area (TPSA) is 83.4 Å². The number of amides is 3. The lowest BCUT2D eigenvalue weighted by molar-refractivity contribution is 0.0878. The number of hydrogen-bond acceptors (Lipinski definition) is 4. The Hall–Kier alpha value is -2.68. The molecule has 2 heterocycles. The van der Waals surface area contributed by atoms with Gasteiger partial charge in [0.2, 0.25) is 0 Å². The summed E-state index contributed by atoms with van der Waals surface area (Å²) in [6.45, 7) is 1.16. The summed E-state index contributed by atoms with van der Waals surface area (Å²) in [7, 11) is 5.60. The molecule has 0 bridgehead atoms. The maximum Gasteiger partial charge on any atom is 0.269 e. The van der Waals surface area contributed by atoms with Crippen molar-refractivity contribution in [3.05, 3.63) is 56.6 Å². The van der Waals surface area contributed by atoms with Gasteiger partial charge in [-0.05, 0) is 47.7 Å². The number of carbonyl (C=O) groups excluding carboxylic acids is 3. The van der Waals surface area contributed by atoms with E-state index in [0.29, 0.717) is 50.3 Å². The van der Waals surface area contributed by atoms with Crippen molar-refractivity contribution in [3.8, 4) is 11.1 Å². The number of nitrogens with zero attached hydrogens (tertiary/aromatic N) is 2. The average molecular weight is 504 g/mol. The van der Waals surface area contributed by atoms with Crippen LogP contribution in [0.25, 0.3) is 22.0 Å². The lowest BCUT2D eigenvalue weighted by Gasteiger charge is -2.11. The number of imide groups is 1. The third-order valence-corrected chi connectivity index (χ3v) is 6.44. The van der Waals surface area contributed by atoms with Crippen molar-refractivity contribution in [3.63, 3.8) is 0 Å². The van der Waals surface area contributed by atoms with Gasteiger partial charge in [-0.2, -0.15) is 0 Å². The fraction of sp³-hybridized carbons (Fsp3) is 0.227. The van der Waals surface area contributed by atoms with Gasteiger partial charge < -0.3 is 14.8 Å². The highest BCUT2D eigenvalue weighted by Gasteiger charge is 2.36. The van der Waals surface area contributed by atoms with E-state index in [1.54, 1.807) is 35.9 Å². The molecule has 160 valence electrons. The molecule has 7 nitrogen and oxygen atoms in total. The first kappa shape index (κ1) is 21.5. The molecule has 3 amide bonds. The molecule has 0 fully saturated rings. The van der Waals surface area contributed by atoms with E-state index < -0.39 is 11.8 Å². The second-order valence-corrected chi connectivity index (χ2v) is 8.81. The van der Waals surface area contributed by atoms with Crippen molar-refractivity contribution in [1.29, 1.82) is 0 Å². The highest BCUT2D eigenvalue weighted by atomic mass is 79.9. The second kappa shape index (κ2) is 8.11. The number of benzene rings is 2. The monoisotopic (exact) mass is 502 g/mol. The van der Waals surface area contributed by atoms with Crippen LogP contribution >= 0.6 is 27.5 Å². The van der Waals surface area contributed by atoms with Crippen molar-refractivity contribution >= 4 is 56.2 Å². The van der Waals surface area contributed by atoms with Crippen molar-refractivity contribution in [1.82, 2.24) is 20.1 Å². The van der Waals surface area contributed by atoms with Gasteiger partial charge in [0.25, 0.3) is 17.7 Å². The van der Waals surface area contributed by atoms with E-state index in [9.17, 15) is 14.4 Å². The molecule has 2 aromatic carbocycles. The molecule has 31 heavy (non-hydrogen) atoms. The summed E-state index contributed by atoms with van der Waals surface area (Å²) < 4.78 is 2.19. The van der Waals surface area contributed by atoms with Gasteiger partial charge in [-0.3, -0.25) is 19.7 Å². The van der Waals surface area contributed by atoms with Crippen LogP contribution in [0.15, 0.2) is 34.8 Å². The van der Waals surface area contributed by atoms with Crippen LogP contribution in [0.3, 0.4) is 0 Å². The molecule has 0 radical (unpaired) electrons. The van der Waals surface area contributed by atoms with E-state index in [1.165, 1.54) is 0 Å².